The predicted octanol–water partition coefficient (Wildman–Crippen LogP) is 3.79. The first kappa shape index (κ1) is 16.0. The van der Waals surface area contributed by atoms with Crippen molar-refractivity contribution in [2.45, 2.75) is 0 Å². The number of carbonyl (C=O) groups is 1. The minimum absolute atomic E-state index is 0.0106. The van der Waals surface area contributed by atoms with Crippen molar-refractivity contribution >= 4 is 34.1 Å². The molecule has 0 unspecified atom stereocenters. The summed E-state index contributed by atoms with van der Waals surface area (Å²) >= 11 is 6.52. The molecule has 2 aromatic carbocycles. The van der Waals surface area contributed by atoms with E-state index in [9.17, 15) is 4.79 Å². The van der Waals surface area contributed by atoms with E-state index in [1.165, 1.54) is 5.69 Å². The second-order valence-electron chi connectivity index (χ2n) is 6.35. The summed E-state index contributed by atoms with van der Waals surface area (Å²) in [6, 6.07) is 18.2. The molecular weight excluding hydrogens is 334 g/mol. The number of rotatable bonds is 2. The smallest absolute Gasteiger partial charge is 0.272 e. The quantitative estimate of drug-likeness (QED) is 0.701. The number of benzene rings is 2. The van der Waals surface area contributed by atoms with Crippen LogP contribution in [0.2, 0.25) is 5.02 Å². The van der Waals surface area contributed by atoms with Crippen LogP contribution in [-0.2, 0) is 7.05 Å². The highest BCUT2D eigenvalue weighted by Crippen LogP contribution is 2.31. The summed E-state index contributed by atoms with van der Waals surface area (Å²) in [6.45, 7) is 3.06. The highest BCUT2D eigenvalue weighted by molar-refractivity contribution is 6.38. The van der Waals surface area contributed by atoms with E-state index in [0.717, 1.165) is 24.0 Å². The number of carbonyl (C=O) groups excluding carboxylic acids is 1. The third-order valence-corrected chi connectivity index (χ3v) is 5.32. The Balaban J connectivity index is 1.55. The summed E-state index contributed by atoms with van der Waals surface area (Å²) in [4.78, 5) is 17.3. The molecule has 25 heavy (non-hydrogen) atoms. The van der Waals surface area contributed by atoms with Crippen LogP contribution < -0.4 is 4.90 Å². The number of anilines is 1. The highest BCUT2D eigenvalue weighted by Gasteiger charge is 2.27. The lowest BCUT2D eigenvalue weighted by Gasteiger charge is -2.36. The molecule has 128 valence electrons. The first-order chi connectivity index (χ1) is 12.2. The fourth-order valence-corrected chi connectivity index (χ4v) is 3.91. The second-order valence-corrected chi connectivity index (χ2v) is 6.73. The standard InChI is InChI=1S/C20H20ClN3O/c1-22-17-10-6-5-9-16(17)18(21)19(22)20(25)24-13-11-23(12-14-24)15-7-3-2-4-8-15/h2-10H,11-14H2,1H3. The van der Waals surface area contributed by atoms with Gasteiger partial charge in [-0.25, -0.2) is 0 Å². The van der Waals surface area contributed by atoms with Crippen LogP contribution in [0.15, 0.2) is 54.6 Å². The maximum atomic E-state index is 13.1. The van der Waals surface area contributed by atoms with E-state index in [0.29, 0.717) is 23.8 Å². The van der Waals surface area contributed by atoms with Gasteiger partial charge in [-0.3, -0.25) is 4.79 Å². The second kappa shape index (κ2) is 6.45. The molecule has 3 aromatic rings. The highest BCUT2D eigenvalue weighted by atomic mass is 35.5. The molecule has 4 nitrogen and oxygen atoms in total. The van der Waals surface area contributed by atoms with Crippen molar-refractivity contribution in [2.24, 2.45) is 7.05 Å². The summed E-state index contributed by atoms with van der Waals surface area (Å²) in [6.07, 6.45) is 0. The first-order valence-electron chi connectivity index (χ1n) is 8.49. The lowest BCUT2D eigenvalue weighted by Crippen LogP contribution is -2.49. The monoisotopic (exact) mass is 353 g/mol. The lowest BCUT2D eigenvalue weighted by molar-refractivity contribution is 0.0738. The number of nitrogens with zero attached hydrogens (tertiary/aromatic N) is 3. The van der Waals surface area contributed by atoms with Crippen molar-refractivity contribution in [3.63, 3.8) is 0 Å². The van der Waals surface area contributed by atoms with E-state index in [-0.39, 0.29) is 5.91 Å². The third-order valence-electron chi connectivity index (χ3n) is 4.94. The maximum absolute atomic E-state index is 13.1. The van der Waals surface area contributed by atoms with Gasteiger partial charge in [-0.15, -0.1) is 0 Å². The Hall–Kier alpha value is -2.46. The van der Waals surface area contributed by atoms with Gasteiger partial charge in [-0.2, -0.15) is 0 Å². The molecule has 0 atom stereocenters. The van der Waals surface area contributed by atoms with Crippen molar-refractivity contribution in [3.05, 3.63) is 65.3 Å². The van der Waals surface area contributed by atoms with Crippen LogP contribution >= 0.6 is 11.6 Å². The molecule has 0 bridgehead atoms. The number of hydrogen-bond donors (Lipinski definition) is 0. The summed E-state index contributed by atoms with van der Waals surface area (Å²) in [5, 5.41) is 1.48. The molecule has 5 heteroatoms. The fourth-order valence-electron chi connectivity index (χ4n) is 3.54. The summed E-state index contributed by atoms with van der Waals surface area (Å²) in [5.74, 6) is 0.0106. The molecule has 1 saturated heterocycles. The van der Waals surface area contributed by atoms with Crippen molar-refractivity contribution in [1.29, 1.82) is 0 Å². The Bertz CT molecular complexity index is 872. The number of hydrogen-bond acceptors (Lipinski definition) is 2. The van der Waals surface area contributed by atoms with Gasteiger partial charge in [-0.05, 0) is 18.2 Å². The molecule has 1 aromatic heterocycles. The van der Waals surface area contributed by atoms with Crippen LogP contribution in [0, 0.1) is 0 Å². The zero-order valence-corrected chi connectivity index (χ0v) is 14.9. The van der Waals surface area contributed by atoms with Crippen molar-refractivity contribution in [1.82, 2.24) is 9.47 Å². The van der Waals surface area contributed by atoms with E-state index in [1.54, 1.807) is 0 Å². The summed E-state index contributed by atoms with van der Waals surface area (Å²) < 4.78 is 1.91. The topological polar surface area (TPSA) is 28.5 Å². The zero-order valence-electron chi connectivity index (χ0n) is 14.2. The average molecular weight is 354 g/mol. The first-order valence-corrected chi connectivity index (χ1v) is 8.87. The van der Waals surface area contributed by atoms with Crippen LogP contribution in [0.5, 0.6) is 0 Å². The van der Waals surface area contributed by atoms with Crippen LogP contribution in [0.4, 0.5) is 5.69 Å². The number of fused-ring (bicyclic) bond motifs is 1. The Morgan fingerprint density at radius 3 is 2.24 bits per heavy atom. The number of halogens is 1. The van der Waals surface area contributed by atoms with Gasteiger partial charge in [0.15, 0.2) is 0 Å². The minimum atomic E-state index is 0.0106. The Morgan fingerprint density at radius 2 is 1.56 bits per heavy atom. The normalized spacial score (nSPS) is 15.0. The molecular formula is C20H20ClN3O. The molecule has 0 spiro atoms. The molecule has 0 saturated carbocycles. The van der Waals surface area contributed by atoms with Gasteiger partial charge in [-0.1, -0.05) is 48.0 Å². The van der Waals surface area contributed by atoms with Crippen LogP contribution in [0.3, 0.4) is 0 Å². The number of piperazine rings is 1. The third kappa shape index (κ3) is 2.76. The van der Waals surface area contributed by atoms with Gasteiger partial charge in [0, 0.05) is 49.8 Å². The van der Waals surface area contributed by atoms with Crippen molar-refractivity contribution < 1.29 is 4.79 Å². The Kier molecular flexibility index (Phi) is 4.14. The molecule has 1 aliphatic rings. The number of para-hydroxylation sites is 2. The lowest BCUT2D eigenvalue weighted by atomic mass is 10.2. The van der Waals surface area contributed by atoms with Gasteiger partial charge < -0.3 is 14.4 Å². The van der Waals surface area contributed by atoms with Crippen LogP contribution in [0.1, 0.15) is 10.5 Å². The van der Waals surface area contributed by atoms with E-state index in [2.05, 4.69) is 17.0 Å². The summed E-state index contributed by atoms with van der Waals surface area (Å²) in [5.41, 5.74) is 2.77. The van der Waals surface area contributed by atoms with Gasteiger partial charge in [0.05, 0.1) is 5.02 Å². The summed E-state index contributed by atoms with van der Waals surface area (Å²) in [7, 11) is 1.90. The number of aromatic nitrogens is 1. The molecule has 1 aliphatic heterocycles. The largest absolute Gasteiger partial charge is 0.368 e. The van der Waals surface area contributed by atoms with E-state index in [4.69, 9.17) is 11.6 Å². The molecule has 4 rings (SSSR count). The Morgan fingerprint density at radius 1 is 0.920 bits per heavy atom. The van der Waals surface area contributed by atoms with E-state index in [1.807, 2.05) is 59.0 Å². The maximum Gasteiger partial charge on any atom is 0.272 e. The zero-order chi connectivity index (χ0) is 17.4. The average Bonchev–Trinajstić information content (AvgIpc) is 2.93. The van der Waals surface area contributed by atoms with E-state index >= 15 is 0 Å². The van der Waals surface area contributed by atoms with Gasteiger partial charge in [0.1, 0.15) is 5.69 Å². The van der Waals surface area contributed by atoms with Gasteiger partial charge in [0.25, 0.3) is 5.91 Å². The fraction of sp³-hybridized carbons (Fsp3) is 0.250. The van der Waals surface area contributed by atoms with Crippen LogP contribution in [0.25, 0.3) is 10.9 Å². The number of amides is 1. The van der Waals surface area contributed by atoms with Crippen molar-refractivity contribution in [2.75, 3.05) is 31.1 Å². The Labute approximate surface area is 152 Å². The van der Waals surface area contributed by atoms with E-state index < -0.39 is 0 Å². The van der Waals surface area contributed by atoms with Crippen molar-refractivity contribution in [3.8, 4) is 0 Å². The number of aryl methyl sites for hydroxylation is 1. The van der Waals surface area contributed by atoms with Crippen LogP contribution in [-0.4, -0.2) is 41.6 Å². The van der Waals surface area contributed by atoms with Gasteiger partial charge in [0.2, 0.25) is 0 Å². The molecule has 0 N–H and O–H groups in total. The van der Waals surface area contributed by atoms with Gasteiger partial charge >= 0.3 is 0 Å². The predicted molar refractivity (Wildman–Crippen MR) is 102 cm³/mol. The molecule has 0 aliphatic carbocycles. The molecule has 1 amide bonds. The SMILES string of the molecule is Cn1c(C(=O)N2CCN(c3ccccc3)CC2)c(Cl)c2ccccc21. The molecule has 1 fully saturated rings. The molecule has 0 radical (unpaired) electrons. The molecule has 2 heterocycles. The minimum Gasteiger partial charge on any atom is -0.368 e.